The molecule has 1 aromatic rings. The Morgan fingerprint density at radius 2 is 1.97 bits per heavy atom. The molecule has 5 rings (SSSR count). The minimum absolute atomic E-state index is 0.306. The van der Waals surface area contributed by atoms with Gasteiger partial charge in [-0.1, -0.05) is 67.5 Å². The summed E-state index contributed by atoms with van der Waals surface area (Å²) in [5.74, 6) is 2.21. The number of benzene rings is 1. The summed E-state index contributed by atoms with van der Waals surface area (Å²) in [5, 5.41) is 0. The molecular weight excluding hydrogens is 407 g/mol. The summed E-state index contributed by atoms with van der Waals surface area (Å²) in [7, 11) is 0.500. The van der Waals surface area contributed by atoms with Crippen molar-refractivity contribution in [2.45, 2.75) is 78.1 Å². The molecule has 0 aromatic heterocycles. The van der Waals surface area contributed by atoms with Gasteiger partial charge in [0.2, 0.25) is 0 Å². The highest BCUT2D eigenvalue weighted by molar-refractivity contribution is 5.93. The second-order valence-corrected chi connectivity index (χ2v) is 10.6. The van der Waals surface area contributed by atoms with Crippen LogP contribution in [-0.2, 0) is 4.79 Å². The van der Waals surface area contributed by atoms with Gasteiger partial charge in [0.15, 0.2) is 5.78 Å². The van der Waals surface area contributed by atoms with E-state index >= 15 is 0 Å². The lowest BCUT2D eigenvalue weighted by molar-refractivity contribution is -0.114. The number of hydrogen-bond donors (Lipinski definition) is 0. The highest BCUT2D eigenvalue weighted by Gasteiger charge is 2.54. The first-order valence-electron chi connectivity index (χ1n) is 12.7. The number of halogens is 1. The lowest BCUT2D eigenvalue weighted by Crippen LogP contribution is -2.41. The fourth-order valence-corrected chi connectivity index (χ4v) is 7.41. The van der Waals surface area contributed by atoms with Crippen LogP contribution >= 0.6 is 0 Å². The Hall–Kier alpha value is -2.22. The number of carbonyl (C=O) groups is 1. The highest BCUT2D eigenvalue weighted by atomic mass is 19.1. The van der Waals surface area contributed by atoms with E-state index in [0.29, 0.717) is 36.6 Å². The second-order valence-electron chi connectivity index (χ2n) is 10.6. The van der Waals surface area contributed by atoms with Crippen molar-refractivity contribution in [3.05, 3.63) is 76.4 Å². The number of fused-ring (bicyclic) bond motifs is 4. The normalized spacial score (nSPS) is 31.8. The van der Waals surface area contributed by atoms with Gasteiger partial charge in [0.05, 0.1) is 7.18 Å². The summed E-state index contributed by atoms with van der Waals surface area (Å²) in [6.07, 6.45) is 13.4. The molecule has 0 N–H and O–H groups in total. The number of rotatable bonds is 3. The molecule has 0 aliphatic heterocycles. The van der Waals surface area contributed by atoms with Gasteiger partial charge in [-0.15, -0.1) is 0 Å². The van der Waals surface area contributed by atoms with Crippen LogP contribution in [0.1, 0.15) is 89.2 Å². The molecule has 1 aromatic carbocycles. The van der Waals surface area contributed by atoms with Gasteiger partial charge in [-0.2, -0.15) is 0 Å². The molecule has 4 aliphatic carbocycles. The third kappa shape index (κ3) is 4.11. The summed E-state index contributed by atoms with van der Waals surface area (Å²) in [6, 6.07) is 9.15. The van der Waals surface area contributed by atoms with Crippen LogP contribution in [0.25, 0.3) is 5.57 Å². The van der Waals surface area contributed by atoms with Gasteiger partial charge in [0.25, 0.3) is 0 Å². The van der Waals surface area contributed by atoms with Crippen molar-refractivity contribution in [3.8, 4) is 0 Å². The monoisotopic (exact) mass is 446 g/mol. The van der Waals surface area contributed by atoms with Crippen molar-refractivity contribution in [2.24, 2.45) is 17.3 Å². The summed E-state index contributed by atoms with van der Waals surface area (Å²) in [5.41, 5.74) is 10.5. The Balaban J connectivity index is 0.00000126. The lowest BCUT2D eigenvalue weighted by Gasteiger charge is -2.51. The maximum atomic E-state index is 12.2. The van der Waals surface area contributed by atoms with Crippen LogP contribution in [0.3, 0.4) is 0 Å². The van der Waals surface area contributed by atoms with E-state index in [2.05, 4.69) is 57.7 Å². The third-order valence-electron chi connectivity index (χ3n) is 8.82. The topological polar surface area (TPSA) is 17.1 Å². The van der Waals surface area contributed by atoms with Crippen LogP contribution in [0.5, 0.6) is 0 Å². The molecule has 33 heavy (non-hydrogen) atoms. The van der Waals surface area contributed by atoms with E-state index in [1.54, 1.807) is 16.7 Å². The van der Waals surface area contributed by atoms with Crippen molar-refractivity contribution in [1.82, 2.24) is 0 Å². The summed E-state index contributed by atoms with van der Waals surface area (Å²) >= 11 is 0. The van der Waals surface area contributed by atoms with E-state index < -0.39 is 0 Å². The van der Waals surface area contributed by atoms with Crippen LogP contribution in [0, 0.1) is 17.3 Å². The van der Waals surface area contributed by atoms with Gasteiger partial charge in [-0.25, -0.2) is 0 Å². The van der Waals surface area contributed by atoms with Crippen LogP contribution in [0.15, 0.2) is 65.3 Å². The van der Waals surface area contributed by atoms with E-state index in [-0.39, 0.29) is 0 Å². The van der Waals surface area contributed by atoms with E-state index in [9.17, 15) is 9.18 Å². The molecule has 4 atom stereocenters. The van der Waals surface area contributed by atoms with Crippen molar-refractivity contribution < 1.29 is 9.18 Å². The molecule has 0 spiro atoms. The molecule has 0 radical (unpaired) electrons. The first kappa shape index (κ1) is 23.9. The number of hydrogen-bond acceptors (Lipinski definition) is 1. The molecule has 1 nitrogen and oxygen atoms in total. The van der Waals surface area contributed by atoms with Gasteiger partial charge in [-0.3, -0.25) is 9.18 Å². The minimum Gasteiger partial charge on any atom is -0.295 e. The van der Waals surface area contributed by atoms with E-state index in [0.717, 1.165) is 30.8 Å². The Labute approximate surface area is 199 Å². The summed E-state index contributed by atoms with van der Waals surface area (Å²) < 4.78 is 9.50. The first-order chi connectivity index (χ1) is 15.9. The molecule has 0 saturated heterocycles. The summed E-state index contributed by atoms with van der Waals surface area (Å²) in [4.78, 5) is 12.2. The zero-order chi connectivity index (χ0) is 23.8. The van der Waals surface area contributed by atoms with E-state index in [1.807, 2.05) is 6.08 Å². The fourth-order valence-electron chi connectivity index (χ4n) is 7.41. The Bertz CT molecular complexity index is 1040. The second kappa shape index (κ2) is 9.57. The average molecular weight is 447 g/mol. The predicted molar refractivity (Wildman–Crippen MR) is 137 cm³/mol. The average Bonchev–Trinajstić information content (AvgIpc) is 3.15. The highest BCUT2D eigenvalue weighted by Crippen LogP contribution is 2.65. The molecule has 176 valence electrons. The number of alkyl halides is 1. The molecular formula is C31H39FO. The minimum atomic E-state index is 0.306. The third-order valence-corrected chi connectivity index (χ3v) is 8.82. The zero-order valence-corrected chi connectivity index (χ0v) is 20.8. The summed E-state index contributed by atoms with van der Waals surface area (Å²) in [6.45, 7) is 11.2. The number of ketones is 1. The molecule has 4 unspecified atom stereocenters. The van der Waals surface area contributed by atoms with E-state index in [4.69, 9.17) is 0 Å². The standard InChI is InChI=1S/C30H36O.CH3F/c1-5-7-23-11-15-28-26-13-10-22-17-24(31)12-14-25(22)29(26)27(18-30(23,28)4)21-9-6-8-20(16-21)19(2)3;1-2/h6-9,16-17,26-28H,2,5,10-15,18H2,1,3-4H3;1H3/b23-7-;. The van der Waals surface area contributed by atoms with Crippen molar-refractivity contribution in [3.63, 3.8) is 0 Å². The van der Waals surface area contributed by atoms with E-state index in [1.165, 1.54) is 42.4 Å². The largest absolute Gasteiger partial charge is 0.295 e. The Morgan fingerprint density at radius 1 is 1.18 bits per heavy atom. The van der Waals surface area contributed by atoms with Gasteiger partial charge in [-0.05, 0) is 97.5 Å². The van der Waals surface area contributed by atoms with Crippen LogP contribution in [-0.4, -0.2) is 13.0 Å². The van der Waals surface area contributed by atoms with Crippen LogP contribution in [0.2, 0.25) is 0 Å². The van der Waals surface area contributed by atoms with Gasteiger partial charge in [0.1, 0.15) is 0 Å². The molecule has 2 heteroatoms. The van der Waals surface area contributed by atoms with Gasteiger partial charge in [0, 0.05) is 12.3 Å². The van der Waals surface area contributed by atoms with Crippen LogP contribution < -0.4 is 0 Å². The zero-order valence-electron chi connectivity index (χ0n) is 20.8. The van der Waals surface area contributed by atoms with Crippen molar-refractivity contribution in [1.29, 1.82) is 0 Å². The molecule has 2 saturated carbocycles. The Morgan fingerprint density at radius 3 is 2.70 bits per heavy atom. The molecule has 4 aliphatic rings. The van der Waals surface area contributed by atoms with Crippen molar-refractivity contribution in [2.75, 3.05) is 7.18 Å². The molecule has 0 amide bonds. The maximum absolute atomic E-state index is 12.2. The molecule has 0 heterocycles. The predicted octanol–water partition coefficient (Wildman–Crippen LogP) is 8.54. The quantitative estimate of drug-likeness (QED) is 0.425. The molecule has 0 bridgehead atoms. The maximum Gasteiger partial charge on any atom is 0.156 e. The van der Waals surface area contributed by atoms with Crippen LogP contribution in [0.4, 0.5) is 4.39 Å². The SMILES string of the molecule is C=C(C)c1cccc(C2CC3(C)/C(=C\CC)CCC3C3CCC4=CC(=O)CCC4=C23)c1.CF. The van der Waals surface area contributed by atoms with Gasteiger partial charge >= 0.3 is 0 Å². The Kier molecular flexibility index (Phi) is 6.93. The number of carbonyl (C=O) groups excluding carboxylic acids is 1. The smallest absolute Gasteiger partial charge is 0.156 e. The molecule has 2 fully saturated rings. The first-order valence-corrected chi connectivity index (χ1v) is 12.7. The van der Waals surface area contributed by atoms with Gasteiger partial charge < -0.3 is 0 Å². The number of allylic oxidation sites excluding steroid dienone is 7. The lowest BCUT2D eigenvalue weighted by atomic mass is 9.53. The van der Waals surface area contributed by atoms with Crippen molar-refractivity contribution >= 4 is 11.4 Å². The fraction of sp³-hybridized carbons (Fsp3) is 0.516.